The van der Waals surface area contributed by atoms with E-state index >= 15 is 0 Å². The van der Waals surface area contributed by atoms with Crippen molar-refractivity contribution in [2.45, 2.75) is 64.1 Å². The van der Waals surface area contributed by atoms with Gasteiger partial charge >= 0.3 is 6.09 Å². The molecule has 0 saturated carbocycles. The zero-order chi connectivity index (χ0) is 12.5. The summed E-state index contributed by atoms with van der Waals surface area (Å²) in [4.78, 5) is 14.2. The number of ether oxygens (including phenoxy) is 1. The SMILES string of the molecule is CC(C)(C)OC(=O)NC1CCN2CCCCC12. The zero-order valence-electron chi connectivity index (χ0n) is 11.2. The summed E-state index contributed by atoms with van der Waals surface area (Å²) in [6.07, 6.45) is 4.59. The standard InChI is InChI=1S/C13H24N2O2/c1-13(2,3)17-12(16)14-10-7-9-15-8-5-4-6-11(10)15/h10-11H,4-9H2,1-3H3,(H,14,16). The lowest BCUT2D eigenvalue weighted by molar-refractivity contribution is 0.0484. The Bertz CT molecular complexity index is 286. The lowest BCUT2D eigenvalue weighted by Crippen LogP contribution is -2.48. The Labute approximate surface area is 104 Å². The Hall–Kier alpha value is -0.770. The second-order valence-corrected chi connectivity index (χ2v) is 6.14. The van der Waals surface area contributed by atoms with E-state index in [9.17, 15) is 4.79 Å². The van der Waals surface area contributed by atoms with Crippen molar-refractivity contribution in [1.82, 2.24) is 10.2 Å². The predicted octanol–water partition coefficient (Wildman–Crippen LogP) is 2.14. The quantitative estimate of drug-likeness (QED) is 0.763. The fraction of sp³-hybridized carbons (Fsp3) is 0.923. The van der Waals surface area contributed by atoms with E-state index in [2.05, 4.69) is 10.2 Å². The number of fused-ring (bicyclic) bond motifs is 1. The summed E-state index contributed by atoms with van der Waals surface area (Å²) < 4.78 is 5.31. The second kappa shape index (κ2) is 4.84. The van der Waals surface area contributed by atoms with Crippen molar-refractivity contribution in [3.63, 3.8) is 0 Å². The minimum Gasteiger partial charge on any atom is -0.444 e. The Morgan fingerprint density at radius 3 is 2.71 bits per heavy atom. The van der Waals surface area contributed by atoms with Gasteiger partial charge in [-0.25, -0.2) is 4.79 Å². The molecule has 2 atom stereocenters. The number of rotatable bonds is 1. The lowest BCUT2D eigenvalue weighted by atomic mass is 9.99. The van der Waals surface area contributed by atoms with E-state index in [-0.39, 0.29) is 12.1 Å². The van der Waals surface area contributed by atoms with Gasteiger partial charge in [-0.05, 0) is 46.6 Å². The number of carbonyl (C=O) groups is 1. The largest absolute Gasteiger partial charge is 0.444 e. The number of nitrogens with zero attached hydrogens (tertiary/aromatic N) is 1. The van der Waals surface area contributed by atoms with Crippen LogP contribution in [0.2, 0.25) is 0 Å². The normalized spacial score (nSPS) is 29.8. The molecule has 2 aliphatic rings. The first-order valence-electron chi connectivity index (χ1n) is 6.69. The summed E-state index contributed by atoms with van der Waals surface area (Å²) in [5.74, 6) is 0. The molecular formula is C13H24N2O2. The molecule has 2 aliphatic heterocycles. The maximum atomic E-state index is 11.7. The van der Waals surface area contributed by atoms with Crippen molar-refractivity contribution < 1.29 is 9.53 Å². The summed E-state index contributed by atoms with van der Waals surface area (Å²) in [6.45, 7) is 8.00. The van der Waals surface area contributed by atoms with Crippen LogP contribution in [0.3, 0.4) is 0 Å². The summed E-state index contributed by atoms with van der Waals surface area (Å²) in [7, 11) is 0. The molecule has 17 heavy (non-hydrogen) atoms. The van der Waals surface area contributed by atoms with Crippen molar-refractivity contribution in [2.24, 2.45) is 0 Å². The molecule has 2 rings (SSSR count). The molecule has 0 aromatic carbocycles. The third-order valence-electron chi connectivity index (χ3n) is 3.56. The highest BCUT2D eigenvalue weighted by Crippen LogP contribution is 2.27. The average Bonchev–Trinajstić information content (AvgIpc) is 2.59. The van der Waals surface area contributed by atoms with Crippen LogP contribution in [0.1, 0.15) is 46.5 Å². The number of piperidine rings is 1. The molecule has 0 aromatic rings. The van der Waals surface area contributed by atoms with Crippen LogP contribution in [-0.4, -0.2) is 41.8 Å². The van der Waals surface area contributed by atoms with Crippen molar-refractivity contribution >= 4 is 6.09 Å². The first kappa shape index (κ1) is 12.7. The maximum absolute atomic E-state index is 11.7. The summed E-state index contributed by atoms with van der Waals surface area (Å²) >= 11 is 0. The van der Waals surface area contributed by atoms with E-state index < -0.39 is 5.60 Å². The van der Waals surface area contributed by atoms with E-state index in [0.717, 1.165) is 13.0 Å². The van der Waals surface area contributed by atoms with Crippen molar-refractivity contribution in [3.05, 3.63) is 0 Å². The number of hydrogen-bond acceptors (Lipinski definition) is 3. The Morgan fingerprint density at radius 2 is 2.00 bits per heavy atom. The lowest BCUT2D eigenvalue weighted by Gasteiger charge is -2.32. The van der Waals surface area contributed by atoms with Gasteiger partial charge in [0.1, 0.15) is 5.60 Å². The molecular weight excluding hydrogens is 216 g/mol. The van der Waals surface area contributed by atoms with Gasteiger partial charge in [-0.3, -0.25) is 4.90 Å². The van der Waals surface area contributed by atoms with Crippen LogP contribution in [0.25, 0.3) is 0 Å². The summed E-state index contributed by atoms with van der Waals surface area (Å²) in [5, 5.41) is 3.03. The number of hydrogen-bond donors (Lipinski definition) is 1. The topological polar surface area (TPSA) is 41.6 Å². The highest BCUT2D eigenvalue weighted by Gasteiger charge is 2.36. The number of alkyl carbamates (subject to hydrolysis) is 1. The third kappa shape index (κ3) is 3.35. The Morgan fingerprint density at radius 1 is 1.24 bits per heavy atom. The fourth-order valence-corrected chi connectivity index (χ4v) is 2.87. The summed E-state index contributed by atoms with van der Waals surface area (Å²) in [5.41, 5.74) is -0.408. The first-order valence-corrected chi connectivity index (χ1v) is 6.69. The van der Waals surface area contributed by atoms with Crippen LogP contribution in [-0.2, 0) is 4.74 Å². The molecule has 0 aromatic heterocycles. The molecule has 4 nitrogen and oxygen atoms in total. The van der Waals surface area contributed by atoms with Gasteiger partial charge in [0.15, 0.2) is 0 Å². The maximum Gasteiger partial charge on any atom is 0.407 e. The van der Waals surface area contributed by atoms with Crippen LogP contribution in [0.5, 0.6) is 0 Å². The molecule has 0 radical (unpaired) electrons. The minimum atomic E-state index is -0.408. The number of amides is 1. The van der Waals surface area contributed by atoms with Gasteiger partial charge in [0, 0.05) is 18.6 Å². The van der Waals surface area contributed by atoms with Gasteiger partial charge in [-0.2, -0.15) is 0 Å². The van der Waals surface area contributed by atoms with Gasteiger partial charge in [0.2, 0.25) is 0 Å². The molecule has 1 N–H and O–H groups in total. The molecule has 98 valence electrons. The fourth-order valence-electron chi connectivity index (χ4n) is 2.87. The molecule has 2 fully saturated rings. The zero-order valence-corrected chi connectivity index (χ0v) is 11.2. The van der Waals surface area contributed by atoms with Crippen LogP contribution in [0, 0.1) is 0 Å². The van der Waals surface area contributed by atoms with Gasteiger partial charge in [0.05, 0.1) is 0 Å². The van der Waals surface area contributed by atoms with Crippen LogP contribution >= 0.6 is 0 Å². The van der Waals surface area contributed by atoms with E-state index in [0.29, 0.717) is 6.04 Å². The van der Waals surface area contributed by atoms with Gasteiger partial charge in [0.25, 0.3) is 0 Å². The van der Waals surface area contributed by atoms with Crippen molar-refractivity contribution in [2.75, 3.05) is 13.1 Å². The van der Waals surface area contributed by atoms with E-state index in [1.807, 2.05) is 20.8 Å². The second-order valence-electron chi connectivity index (χ2n) is 6.14. The molecule has 2 saturated heterocycles. The Kier molecular flexibility index (Phi) is 3.61. The predicted molar refractivity (Wildman–Crippen MR) is 67.0 cm³/mol. The van der Waals surface area contributed by atoms with Crippen molar-refractivity contribution in [1.29, 1.82) is 0 Å². The first-order chi connectivity index (χ1) is 7.96. The highest BCUT2D eigenvalue weighted by atomic mass is 16.6. The third-order valence-corrected chi connectivity index (χ3v) is 3.56. The average molecular weight is 240 g/mol. The molecule has 2 unspecified atom stereocenters. The number of carbonyl (C=O) groups excluding carboxylic acids is 1. The minimum absolute atomic E-state index is 0.269. The van der Waals surface area contributed by atoms with E-state index in [1.165, 1.54) is 25.8 Å². The van der Waals surface area contributed by atoms with Gasteiger partial charge in [-0.15, -0.1) is 0 Å². The highest BCUT2D eigenvalue weighted by molar-refractivity contribution is 5.68. The summed E-state index contributed by atoms with van der Waals surface area (Å²) in [6, 6.07) is 0.821. The smallest absolute Gasteiger partial charge is 0.407 e. The molecule has 4 heteroatoms. The van der Waals surface area contributed by atoms with Crippen LogP contribution in [0.4, 0.5) is 4.79 Å². The molecule has 2 heterocycles. The molecule has 0 aliphatic carbocycles. The monoisotopic (exact) mass is 240 g/mol. The van der Waals surface area contributed by atoms with E-state index in [4.69, 9.17) is 4.74 Å². The molecule has 0 spiro atoms. The van der Waals surface area contributed by atoms with Crippen LogP contribution < -0.4 is 5.32 Å². The van der Waals surface area contributed by atoms with Gasteiger partial charge < -0.3 is 10.1 Å². The number of nitrogens with one attached hydrogen (secondary N) is 1. The molecule has 1 amide bonds. The van der Waals surface area contributed by atoms with E-state index in [1.54, 1.807) is 0 Å². The molecule has 0 bridgehead atoms. The van der Waals surface area contributed by atoms with Gasteiger partial charge in [-0.1, -0.05) is 6.42 Å². The Balaban J connectivity index is 1.85. The van der Waals surface area contributed by atoms with Crippen molar-refractivity contribution in [3.8, 4) is 0 Å². The van der Waals surface area contributed by atoms with Crippen LogP contribution in [0.15, 0.2) is 0 Å².